The van der Waals surface area contributed by atoms with Crippen LogP contribution in [0.5, 0.6) is 0 Å². The molecule has 0 aliphatic heterocycles. The van der Waals surface area contributed by atoms with E-state index >= 15 is 0 Å². The van der Waals surface area contributed by atoms with Gasteiger partial charge >= 0.3 is 0 Å². The van der Waals surface area contributed by atoms with Gasteiger partial charge in [-0.25, -0.2) is 5.10 Å². The van der Waals surface area contributed by atoms with Crippen LogP contribution in [-0.4, -0.2) is 21.1 Å². The highest BCUT2D eigenvalue weighted by molar-refractivity contribution is 7.71. The van der Waals surface area contributed by atoms with Gasteiger partial charge in [0.05, 0.1) is 11.2 Å². The molecule has 112 valence electrons. The van der Waals surface area contributed by atoms with Gasteiger partial charge in [0.1, 0.15) is 0 Å². The monoisotopic (exact) mass is 368 g/mol. The summed E-state index contributed by atoms with van der Waals surface area (Å²) < 4.78 is 1.94. The molecule has 0 fully saturated rings. The largest absolute Gasteiger partial charge is 0.250 e. The third kappa shape index (κ3) is 3.15. The standard InChI is InChI=1S/C14H10Cl2N4S2/c1-8-2-4-10(22-8)7-17-20-13(18-19-14(20)21)11-5-3-9(15)6-12(11)16/h2-7H,1H3,(H,19,21). The number of hydrogen-bond donors (Lipinski definition) is 1. The fourth-order valence-electron chi connectivity index (χ4n) is 1.88. The zero-order valence-corrected chi connectivity index (χ0v) is 14.5. The van der Waals surface area contributed by atoms with E-state index in [1.165, 1.54) is 4.88 Å². The molecule has 0 saturated heterocycles. The van der Waals surface area contributed by atoms with Crippen molar-refractivity contribution in [1.82, 2.24) is 14.9 Å². The molecule has 8 heteroatoms. The third-order valence-corrected chi connectivity index (χ3v) is 4.63. The molecule has 0 aliphatic rings. The average molecular weight is 369 g/mol. The van der Waals surface area contributed by atoms with E-state index in [4.69, 9.17) is 35.4 Å². The van der Waals surface area contributed by atoms with Crippen LogP contribution in [0.15, 0.2) is 35.4 Å². The van der Waals surface area contributed by atoms with Crippen LogP contribution in [0.1, 0.15) is 9.75 Å². The van der Waals surface area contributed by atoms with Crippen molar-refractivity contribution >= 4 is 53.0 Å². The predicted molar refractivity (Wildman–Crippen MR) is 94.9 cm³/mol. The summed E-state index contributed by atoms with van der Waals surface area (Å²) >= 11 is 19.0. The Morgan fingerprint density at radius 2 is 2.14 bits per heavy atom. The Labute approximate surface area is 146 Å². The number of H-pyrrole nitrogens is 1. The van der Waals surface area contributed by atoms with Gasteiger partial charge in [-0.05, 0) is 49.5 Å². The Bertz CT molecular complexity index is 908. The van der Waals surface area contributed by atoms with Gasteiger partial charge < -0.3 is 0 Å². The first kappa shape index (κ1) is 15.4. The summed E-state index contributed by atoms with van der Waals surface area (Å²) in [5.74, 6) is 0.538. The van der Waals surface area contributed by atoms with Gasteiger partial charge in [0.2, 0.25) is 4.77 Å². The molecule has 0 atom stereocenters. The molecular weight excluding hydrogens is 359 g/mol. The van der Waals surface area contributed by atoms with Crippen LogP contribution in [0.25, 0.3) is 11.4 Å². The van der Waals surface area contributed by atoms with Crippen molar-refractivity contribution in [3.05, 3.63) is 54.9 Å². The van der Waals surface area contributed by atoms with E-state index in [0.717, 1.165) is 4.88 Å². The number of rotatable bonds is 3. The molecule has 22 heavy (non-hydrogen) atoms. The van der Waals surface area contributed by atoms with Crippen LogP contribution >= 0.6 is 46.8 Å². The number of halogens is 2. The highest BCUT2D eigenvalue weighted by atomic mass is 35.5. The van der Waals surface area contributed by atoms with E-state index in [0.29, 0.717) is 26.2 Å². The smallest absolute Gasteiger partial charge is 0.216 e. The van der Waals surface area contributed by atoms with Gasteiger partial charge in [-0.15, -0.1) is 11.3 Å². The van der Waals surface area contributed by atoms with Gasteiger partial charge in [-0.2, -0.15) is 14.9 Å². The van der Waals surface area contributed by atoms with Crippen molar-refractivity contribution in [2.24, 2.45) is 5.10 Å². The Hall–Kier alpha value is -1.47. The maximum absolute atomic E-state index is 6.23. The fraction of sp³-hybridized carbons (Fsp3) is 0.0714. The number of nitrogens with one attached hydrogen (secondary N) is 1. The van der Waals surface area contributed by atoms with Crippen LogP contribution in [-0.2, 0) is 0 Å². The van der Waals surface area contributed by atoms with Gasteiger partial charge in [-0.3, -0.25) is 0 Å². The summed E-state index contributed by atoms with van der Waals surface area (Å²) in [5, 5.41) is 12.4. The summed E-state index contributed by atoms with van der Waals surface area (Å²) in [4.78, 5) is 2.26. The molecule has 3 rings (SSSR count). The molecule has 0 aliphatic carbocycles. The highest BCUT2D eigenvalue weighted by Gasteiger charge is 2.12. The SMILES string of the molecule is Cc1ccc(C=Nn2c(-c3ccc(Cl)cc3Cl)n[nH]c2=S)s1. The van der Waals surface area contributed by atoms with Crippen LogP contribution in [0.2, 0.25) is 10.0 Å². The molecule has 0 spiro atoms. The van der Waals surface area contributed by atoms with Crippen LogP contribution < -0.4 is 0 Å². The first-order chi connectivity index (χ1) is 10.5. The summed E-state index contributed by atoms with van der Waals surface area (Å²) in [6.45, 7) is 2.05. The summed E-state index contributed by atoms with van der Waals surface area (Å²) in [7, 11) is 0. The number of aryl methyl sites for hydroxylation is 1. The van der Waals surface area contributed by atoms with E-state index in [2.05, 4.69) is 15.3 Å². The highest BCUT2D eigenvalue weighted by Crippen LogP contribution is 2.29. The molecule has 1 aromatic carbocycles. The molecule has 0 radical (unpaired) electrons. The van der Waals surface area contributed by atoms with E-state index in [1.54, 1.807) is 40.4 Å². The minimum atomic E-state index is 0.394. The number of aromatic nitrogens is 3. The van der Waals surface area contributed by atoms with Gasteiger partial charge in [-0.1, -0.05) is 23.2 Å². The van der Waals surface area contributed by atoms with Crippen LogP contribution in [0, 0.1) is 11.7 Å². The second-order valence-electron chi connectivity index (χ2n) is 4.48. The quantitative estimate of drug-likeness (QED) is 0.512. The van der Waals surface area contributed by atoms with E-state index < -0.39 is 0 Å². The Morgan fingerprint density at radius 3 is 2.82 bits per heavy atom. The van der Waals surface area contributed by atoms with Crippen molar-refractivity contribution in [2.45, 2.75) is 6.92 Å². The first-order valence-electron chi connectivity index (χ1n) is 6.28. The Balaban J connectivity index is 2.04. The predicted octanol–water partition coefficient (Wildman–Crippen LogP) is 5.17. The topological polar surface area (TPSA) is 46.0 Å². The molecule has 3 aromatic rings. The maximum atomic E-state index is 6.23. The Morgan fingerprint density at radius 1 is 1.32 bits per heavy atom. The van der Waals surface area contributed by atoms with Gasteiger partial charge in [0.15, 0.2) is 5.82 Å². The lowest BCUT2D eigenvalue weighted by Gasteiger charge is -2.03. The lowest BCUT2D eigenvalue weighted by Crippen LogP contribution is -1.95. The lowest BCUT2D eigenvalue weighted by atomic mass is 10.2. The van der Waals surface area contributed by atoms with Crippen molar-refractivity contribution in [1.29, 1.82) is 0 Å². The van der Waals surface area contributed by atoms with Crippen LogP contribution in [0.4, 0.5) is 0 Å². The van der Waals surface area contributed by atoms with Gasteiger partial charge in [0.25, 0.3) is 0 Å². The number of aromatic amines is 1. The van der Waals surface area contributed by atoms with Crippen molar-refractivity contribution in [2.75, 3.05) is 0 Å². The second-order valence-corrected chi connectivity index (χ2v) is 7.03. The van der Waals surface area contributed by atoms with Crippen molar-refractivity contribution in [3.8, 4) is 11.4 Å². The number of nitrogens with zero attached hydrogens (tertiary/aromatic N) is 3. The van der Waals surface area contributed by atoms with Gasteiger partial charge in [0, 0.05) is 20.3 Å². The molecule has 2 aromatic heterocycles. The first-order valence-corrected chi connectivity index (χ1v) is 8.26. The van der Waals surface area contributed by atoms with E-state index in [-0.39, 0.29) is 0 Å². The molecule has 4 nitrogen and oxygen atoms in total. The van der Waals surface area contributed by atoms with Crippen LogP contribution in [0.3, 0.4) is 0 Å². The lowest BCUT2D eigenvalue weighted by molar-refractivity contribution is 0.872. The molecule has 2 heterocycles. The minimum Gasteiger partial charge on any atom is -0.250 e. The maximum Gasteiger partial charge on any atom is 0.216 e. The number of thiophene rings is 1. The molecule has 1 N–H and O–H groups in total. The molecule has 0 unspecified atom stereocenters. The summed E-state index contributed by atoms with van der Waals surface area (Å²) in [6, 6.07) is 9.24. The third-order valence-electron chi connectivity index (χ3n) is 2.88. The number of benzene rings is 1. The van der Waals surface area contributed by atoms with E-state index in [9.17, 15) is 0 Å². The summed E-state index contributed by atoms with van der Waals surface area (Å²) in [6.07, 6.45) is 1.75. The number of hydrogen-bond acceptors (Lipinski definition) is 4. The fourth-order valence-corrected chi connectivity index (χ4v) is 3.30. The molecular formula is C14H10Cl2N4S2. The van der Waals surface area contributed by atoms with Crippen molar-refractivity contribution < 1.29 is 0 Å². The second kappa shape index (κ2) is 6.34. The average Bonchev–Trinajstić information content (AvgIpc) is 3.03. The Kier molecular flexibility index (Phi) is 4.44. The van der Waals surface area contributed by atoms with Crippen molar-refractivity contribution in [3.63, 3.8) is 0 Å². The molecule has 0 saturated carbocycles. The minimum absolute atomic E-state index is 0.394. The summed E-state index contributed by atoms with van der Waals surface area (Å²) in [5.41, 5.74) is 0.706. The zero-order valence-electron chi connectivity index (χ0n) is 11.4. The molecule has 0 bridgehead atoms. The molecule has 0 amide bonds. The zero-order chi connectivity index (χ0) is 15.7. The van der Waals surface area contributed by atoms with E-state index in [1.807, 2.05) is 19.1 Å². The normalized spacial score (nSPS) is 11.4.